The zero-order valence-corrected chi connectivity index (χ0v) is 31.7. The third-order valence-corrected chi connectivity index (χ3v) is 9.42. The number of likely N-dealkylation sites (N-methyl/N-ethyl adjacent to an activating group) is 2. The molecule has 0 saturated heterocycles. The van der Waals surface area contributed by atoms with Gasteiger partial charge in [-0.05, 0) is 67.8 Å². The molecule has 2 atom stereocenters. The molecule has 0 aliphatic heterocycles. The fourth-order valence-corrected chi connectivity index (χ4v) is 6.16. The number of carbonyl (C=O) groups excluding carboxylic acids is 3. The van der Waals surface area contributed by atoms with Crippen LogP contribution < -0.4 is 24.6 Å². The fourth-order valence-electron chi connectivity index (χ4n) is 4.92. The summed E-state index contributed by atoms with van der Waals surface area (Å²) in [6.07, 6.45) is 1.51. The highest BCUT2D eigenvalue weighted by Crippen LogP contribution is 2.23. The predicted octanol–water partition coefficient (Wildman–Crippen LogP) is 5.05. The highest BCUT2D eigenvalue weighted by Gasteiger charge is 2.32. The molecule has 0 spiro atoms. The van der Waals surface area contributed by atoms with E-state index in [0.717, 1.165) is 34.1 Å². The van der Waals surface area contributed by atoms with Gasteiger partial charge in [0.2, 0.25) is 11.8 Å². The fraction of sp³-hybridized carbons (Fsp3) is 0.242. The van der Waals surface area contributed by atoms with Crippen LogP contribution in [0.5, 0.6) is 0 Å². The van der Waals surface area contributed by atoms with E-state index in [1.54, 1.807) is 18.6 Å². The Morgan fingerprint density at radius 3 is 1.47 bits per heavy atom. The Morgan fingerprint density at radius 2 is 1.08 bits per heavy atom. The van der Waals surface area contributed by atoms with Gasteiger partial charge < -0.3 is 15.1 Å². The van der Waals surface area contributed by atoms with Crippen molar-refractivity contribution >= 4 is 76.1 Å². The average Bonchev–Trinajstić information content (AvgIpc) is 3.04. The van der Waals surface area contributed by atoms with Crippen molar-refractivity contribution in [2.75, 3.05) is 23.9 Å². The number of nitrogens with zero attached hydrogens (tertiary/aromatic N) is 4. The molecule has 2 aromatic carbocycles. The lowest BCUT2D eigenvalue weighted by Crippen LogP contribution is -2.57. The van der Waals surface area contributed by atoms with Crippen LogP contribution in [0.25, 0.3) is 0 Å². The van der Waals surface area contributed by atoms with Crippen molar-refractivity contribution in [1.29, 1.82) is 0 Å². The summed E-state index contributed by atoms with van der Waals surface area (Å²) >= 11 is 12.3. The first kappa shape index (κ1) is 42.9. The van der Waals surface area contributed by atoms with Gasteiger partial charge in [-0.15, -0.1) is 0 Å². The van der Waals surface area contributed by atoms with Gasteiger partial charge >= 0.3 is 16.2 Å². The summed E-state index contributed by atoms with van der Waals surface area (Å²) in [4.78, 5) is 50.6. The minimum Gasteiger partial charge on any atom is -0.325 e. The topological polar surface area (TPSA) is 154 Å². The highest BCUT2D eigenvalue weighted by atomic mass is 35.5. The van der Waals surface area contributed by atoms with Crippen LogP contribution in [0.4, 0.5) is 33.7 Å². The second kappa shape index (κ2) is 18.0. The number of halogens is 6. The molecule has 0 fully saturated rings. The van der Waals surface area contributed by atoms with E-state index < -0.39 is 76.2 Å². The molecule has 4 amide bonds. The molecule has 53 heavy (non-hydrogen) atoms. The smallest absolute Gasteiger partial charge is 0.325 e. The van der Waals surface area contributed by atoms with Gasteiger partial charge in [-0.3, -0.25) is 19.6 Å². The SMILES string of the molecule is Cc1ncc(N(C)C(=O)[C@H](Cc2cc(F)cc(F)c2)NC(=O)NS(=O)(=O)N[C@@H](Cc2cc(F)cc(F)c2)C(=O)N(C)c2cnc(C)c(Cl)c2)cc1Cl.S. The van der Waals surface area contributed by atoms with Crippen LogP contribution in [0.1, 0.15) is 22.5 Å². The zero-order chi connectivity index (χ0) is 38.5. The average molecular weight is 819 g/mol. The largest absolute Gasteiger partial charge is 0.330 e. The quantitative estimate of drug-likeness (QED) is 0.169. The minimum atomic E-state index is -5.00. The Morgan fingerprint density at radius 1 is 0.698 bits per heavy atom. The summed E-state index contributed by atoms with van der Waals surface area (Å²) in [5.74, 6) is -5.73. The van der Waals surface area contributed by atoms with E-state index in [4.69, 9.17) is 23.2 Å². The highest BCUT2D eigenvalue weighted by molar-refractivity contribution is 7.88. The number of rotatable bonds is 12. The molecule has 4 aromatic rings. The number of amides is 4. The lowest BCUT2D eigenvalue weighted by atomic mass is 10.0. The molecule has 0 saturated carbocycles. The van der Waals surface area contributed by atoms with Crippen LogP contribution in [0.2, 0.25) is 10.0 Å². The van der Waals surface area contributed by atoms with Crippen LogP contribution >= 0.6 is 36.7 Å². The number of urea groups is 1. The minimum absolute atomic E-state index is 0. The van der Waals surface area contributed by atoms with E-state index >= 15 is 0 Å². The van der Waals surface area contributed by atoms with E-state index in [0.29, 0.717) is 23.5 Å². The van der Waals surface area contributed by atoms with Crippen LogP contribution in [-0.2, 0) is 32.6 Å². The molecule has 2 aromatic heterocycles. The first-order valence-electron chi connectivity index (χ1n) is 15.1. The van der Waals surface area contributed by atoms with Crippen LogP contribution in [0, 0.1) is 37.1 Å². The van der Waals surface area contributed by atoms with E-state index in [1.165, 1.54) is 38.6 Å². The molecule has 284 valence electrons. The van der Waals surface area contributed by atoms with Gasteiger partial charge in [-0.1, -0.05) is 23.2 Å². The Kier molecular flexibility index (Phi) is 14.6. The lowest BCUT2D eigenvalue weighted by molar-refractivity contribution is -0.120. The number of hydrogen-bond donors (Lipinski definition) is 3. The second-order valence-electron chi connectivity index (χ2n) is 11.6. The molecule has 12 nitrogen and oxygen atoms in total. The number of hydrogen-bond acceptors (Lipinski definition) is 7. The van der Waals surface area contributed by atoms with E-state index in [-0.39, 0.29) is 46.0 Å². The van der Waals surface area contributed by atoms with Crippen molar-refractivity contribution < 1.29 is 40.4 Å². The first-order chi connectivity index (χ1) is 24.3. The number of nitrogens with one attached hydrogen (secondary N) is 3. The summed E-state index contributed by atoms with van der Waals surface area (Å²) in [6.45, 7) is 3.24. The maximum Gasteiger partial charge on any atom is 0.330 e. The van der Waals surface area contributed by atoms with Crippen molar-refractivity contribution in [1.82, 2.24) is 24.7 Å². The Balaban J connectivity index is 0.00000756. The molecule has 2 heterocycles. The number of pyridine rings is 2. The van der Waals surface area contributed by atoms with Gasteiger partial charge in [0.1, 0.15) is 35.4 Å². The molecular formula is C33H33Cl2F4N7O5S2. The van der Waals surface area contributed by atoms with E-state index in [2.05, 4.69) is 15.3 Å². The molecule has 3 N–H and O–H groups in total. The molecule has 0 unspecified atom stereocenters. The first-order valence-corrected chi connectivity index (χ1v) is 17.4. The summed E-state index contributed by atoms with van der Waals surface area (Å²) in [5.41, 5.74) is 1.05. The van der Waals surface area contributed by atoms with Gasteiger partial charge in [0.15, 0.2) is 0 Å². The number of benzene rings is 2. The Bertz CT molecular complexity index is 2100. The van der Waals surface area contributed by atoms with Crippen molar-refractivity contribution in [3.8, 4) is 0 Å². The molecule has 0 aliphatic carbocycles. The van der Waals surface area contributed by atoms with Gasteiger partial charge in [0.25, 0.3) is 0 Å². The molecule has 0 aliphatic rings. The second-order valence-corrected chi connectivity index (χ2v) is 13.8. The van der Waals surface area contributed by atoms with Gasteiger partial charge in [-0.2, -0.15) is 26.6 Å². The molecule has 4 rings (SSSR count). The standard InChI is InChI=1S/C33H31Cl2F4N7O5S.H2S/c1-17-27(34)13-25(15-40-17)45(3)31(47)29(9-19-5-21(36)11-22(37)6-19)42-33(49)44-52(50,51)43-30(10-20-7-23(38)12-24(39)8-20)32(48)46(4)26-14-28(35)18(2)41-16-26;/h5-8,11-16,29-30,43H,9-10H2,1-4H3,(H2,42,44,49);1H2/t29-,30-;/m0./s1. The molecule has 0 radical (unpaired) electrons. The molecule has 0 bridgehead atoms. The maximum absolute atomic E-state index is 14.0. The number of aryl methyl sites for hydroxylation is 2. The number of carbonyl (C=O) groups is 3. The summed E-state index contributed by atoms with van der Waals surface area (Å²) in [7, 11) is -2.42. The third kappa shape index (κ3) is 11.8. The van der Waals surface area contributed by atoms with Crippen molar-refractivity contribution in [2.45, 2.75) is 38.8 Å². The summed E-state index contributed by atoms with van der Waals surface area (Å²) < 4.78 is 86.4. The summed E-state index contributed by atoms with van der Waals surface area (Å²) in [5, 5.41) is 2.59. The Hall–Kier alpha value is -4.49. The maximum atomic E-state index is 14.0. The van der Waals surface area contributed by atoms with Crippen molar-refractivity contribution in [3.05, 3.63) is 117 Å². The van der Waals surface area contributed by atoms with Crippen LogP contribution in [-0.4, -0.2) is 62.4 Å². The lowest BCUT2D eigenvalue weighted by Gasteiger charge is -2.26. The van der Waals surface area contributed by atoms with E-state index in [9.17, 15) is 40.4 Å². The van der Waals surface area contributed by atoms with Gasteiger partial charge in [-0.25, -0.2) is 27.1 Å². The van der Waals surface area contributed by atoms with Gasteiger partial charge in [0.05, 0.1) is 45.2 Å². The molecular weight excluding hydrogens is 785 g/mol. The van der Waals surface area contributed by atoms with Crippen molar-refractivity contribution in [3.63, 3.8) is 0 Å². The monoisotopic (exact) mass is 817 g/mol. The van der Waals surface area contributed by atoms with Crippen LogP contribution in [0.3, 0.4) is 0 Å². The van der Waals surface area contributed by atoms with E-state index in [1.807, 2.05) is 4.72 Å². The third-order valence-electron chi connectivity index (χ3n) is 7.61. The van der Waals surface area contributed by atoms with Crippen molar-refractivity contribution in [2.24, 2.45) is 0 Å². The normalized spacial score (nSPS) is 12.3. The zero-order valence-electron chi connectivity index (χ0n) is 28.3. The number of anilines is 2. The molecule has 20 heteroatoms. The predicted molar refractivity (Wildman–Crippen MR) is 197 cm³/mol. The summed E-state index contributed by atoms with van der Waals surface area (Å²) in [6, 6.07) is 2.72. The number of aromatic nitrogens is 2. The van der Waals surface area contributed by atoms with Gasteiger partial charge in [0, 0.05) is 32.6 Å². The Labute approximate surface area is 319 Å². The van der Waals surface area contributed by atoms with Crippen LogP contribution in [0.15, 0.2) is 60.9 Å².